The van der Waals surface area contributed by atoms with Crippen LogP contribution in [0.5, 0.6) is 0 Å². The first-order valence-corrected chi connectivity index (χ1v) is 6.54. The molecule has 2 nitrogen and oxygen atoms in total. The van der Waals surface area contributed by atoms with Gasteiger partial charge < -0.3 is 0 Å². The van der Waals surface area contributed by atoms with Gasteiger partial charge in [0.1, 0.15) is 11.6 Å². The van der Waals surface area contributed by atoms with Gasteiger partial charge in [0.25, 0.3) is 0 Å². The van der Waals surface area contributed by atoms with E-state index in [1.165, 1.54) is 0 Å². The molecule has 2 heteroatoms. The first-order valence-electron chi connectivity index (χ1n) is 6.54. The lowest BCUT2D eigenvalue weighted by molar-refractivity contribution is -0.128. The molecule has 1 unspecified atom stereocenters. The van der Waals surface area contributed by atoms with Gasteiger partial charge >= 0.3 is 0 Å². The molecule has 0 radical (unpaired) electrons. The van der Waals surface area contributed by atoms with E-state index >= 15 is 0 Å². The molecule has 0 saturated carbocycles. The second-order valence-electron chi connectivity index (χ2n) is 5.35. The van der Waals surface area contributed by atoms with E-state index in [4.69, 9.17) is 0 Å². The summed E-state index contributed by atoms with van der Waals surface area (Å²) in [6.45, 7) is 7.53. The van der Waals surface area contributed by atoms with Crippen LogP contribution >= 0.6 is 0 Å². The molecule has 1 aromatic carbocycles. The molecule has 98 valence electrons. The molecule has 0 aliphatic heterocycles. The lowest BCUT2D eigenvalue weighted by atomic mass is 9.83. The zero-order valence-electron chi connectivity index (χ0n) is 11.6. The molecule has 0 aliphatic rings. The standard InChI is InChI=1S/C16H22O2/c1-11(2)15(17)10-14(16(18)12(3)4)13-8-6-5-7-9-13/h5-9,11-12,14H,10H2,1-4H3. The third kappa shape index (κ3) is 3.80. The predicted molar refractivity (Wildman–Crippen MR) is 73.5 cm³/mol. The van der Waals surface area contributed by atoms with Crippen molar-refractivity contribution in [3.05, 3.63) is 35.9 Å². The molecule has 0 saturated heterocycles. The zero-order valence-corrected chi connectivity index (χ0v) is 11.6. The quantitative estimate of drug-likeness (QED) is 0.768. The second-order valence-corrected chi connectivity index (χ2v) is 5.35. The highest BCUT2D eigenvalue weighted by Gasteiger charge is 2.26. The van der Waals surface area contributed by atoms with Crippen molar-refractivity contribution >= 4 is 11.6 Å². The molecule has 0 aromatic heterocycles. The highest BCUT2D eigenvalue weighted by atomic mass is 16.1. The van der Waals surface area contributed by atoms with Gasteiger partial charge in [0.05, 0.1) is 0 Å². The van der Waals surface area contributed by atoms with Gasteiger partial charge in [-0.3, -0.25) is 9.59 Å². The minimum absolute atomic E-state index is 0.0174. The van der Waals surface area contributed by atoms with Gasteiger partial charge in [-0.15, -0.1) is 0 Å². The summed E-state index contributed by atoms with van der Waals surface area (Å²) >= 11 is 0. The maximum Gasteiger partial charge on any atom is 0.143 e. The minimum Gasteiger partial charge on any atom is -0.299 e. The Labute approximate surface area is 109 Å². The molecule has 0 aliphatic carbocycles. The fourth-order valence-electron chi connectivity index (χ4n) is 1.91. The number of ketones is 2. The van der Waals surface area contributed by atoms with Gasteiger partial charge in [0, 0.05) is 24.2 Å². The molecule has 1 aromatic rings. The van der Waals surface area contributed by atoms with E-state index in [9.17, 15) is 9.59 Å². The van der Waals surface area contributed by atoms with E-state index in [1.54, 1.807) is 0 Å². The summed E-state index contributed by atoms with van der Waals surface area (Å²) in [5, 5.41) is 0. The summed E-state index contributed by atoms with van der Waals surface area (Å²) in [5.74, 6) is -0.0551. The summed E-state index contributed by atoms with van der Waals surface area (Å²) in [7, 11) is 0. The Balaban J connectivity index is 2.96. The van der Waals surface area contributed by atoms with Crippen molar-refractivity contribution in [2.45, 2.75) is 40.0 Å². The van der Waals surface area contributed by atoms with Crippen LogP contribution in [0.25, 0.3) is 0 Å². The van der Waals surface area contributed by atoms with Gasteiger partial charge in [0.15, 0.2) is 0 Å². The van der Waals surface area contributed by atoms with E-state index in [0.717, 1.165) is 5.56 Å². The van der Waals surface area contributed by atoms with Crippen molar-refractivity contribution in [1.82, 2.24) is 0 Å². The highest BCUT2D eigenvalue weighted by Crippen LogP contribution is 2.25. The van der Waals surface area contributed by atoms with Crippen molar-refractivity contribution < 1.29 is 9.59 Å². The first-order chi connectivity index (χ1) is 8.43. The van der Waals surface area contributed by atoms with Crippen LogP contribution in [0, 0.1) is 11.8 Å². The van der Waals surface area contributed by atoms with Gasteiger partial charge in [-0.2, -0.15) is 0 Å². The Kier molecular flexibility index (Phi) is 5.26. The Morgan fingerprint density at radius 2 is 1.50 bits per heavy atom. The third-order valence-corrected chi connectivity index (χ3v) is 3.16. The molecule has 0 fully saturated rings. The predicted octanol–water partition coefficient (Wildman–Crippen LogP) is 3.61. The van der Waals surface area contributed by atoms with Crippen LogP contribution in [-0.4, -0.2) is 11.6 Å². The molecule has 1 atom stereocenters. The van der Waals surface area contributed by atoms with Crippen molar-refractivity contribution in [2.24, 2.45) is 11.8 Å². The number of carbonyl (C=O) groups excluding carboxylic acids is 2. The van der Waals surface area contributed by atoms with E-state index < -0.39 is 0 Å². The van der Waals surface area contributed by atoms with Crippen LogP contribution in [0.2, 0.25) is 0 Å². The van der Waals surface area contributed by atoms with E-state index in [-0.39, 0.29) is 29.3 Å². The fraction of sp³-hybridized carbons (Fsp3) is 0.500. The Hall–Kier alpha value is -1.44. The Bertz CT molecular complexity index is 404. The van der Waals surface area contributed by atoms with Gasteiger partial charge in [-0.25, -0.2) is 0 Å². The number of rotatable bonds is 6. The summed E-state index contributed by atoms with van der Waals surface area (Å²) in [5.41, 5.74) is 0.949. The summed E-state index contributed by atoms with van der Waals surface area (Å²) in [6, 6.07) is 9.60. The largest absolute Gasteiger partial charge is 0.299 e. The van der Waals surface area contributed by atoms with E-state index in [2.05, 4.69) is 0 Å². The smallest absolute Gasteiger partial charge is 0.143 e. The van der Waals surface area contributed by atoms with E-state index in [0.29, 0.717) is 6.42 Å². The van der Waals surface area contributed by atoms with Crippen LogP contribution in [0.3, 0.4) is 0 Å². The molecule has 18 heavy (non-hydrogen) atoms. The van der Waals surface area contributed by atoms with Crippen LogP contribution in [-0.2, 0) is 9.59 Å². The first kappa shape index (κ1) is 14.6. The Morgan fingerprint density at radius 3 is 1.94 bits per heavy atom. The van der Waals surface area contributed by atoms with Crippen molar-refractivity contribution in [3.63, 3.8) is 0 Å². The molecule has 0 N–H and O–H groups in total. The highest BCUT2D eigenvalue weighted by molar-refractivity contribution is 5.93. The average molecular weight is 246 g/mol. The zero-order chi connectivity index (χ0) is 13.7. The number of hydrogen-bond acceptors (Lipinski definition) is 2. The molecule has 0 bridgehead atoms. The lowest BCUT2D eigenvalue weighted by Gasteiger charge is -2.18. The van der Waals surface area contributed by atoms with E-state index in [1.807, 2.05) is 58.0 Å². The molecule has 0 heterocycles. The van der Waals surface area contributed by atoms with Crippen LogP contribution in [0.1, 0.15) is 45.6 Å². The fourth-order valence-corrected chi connectivity index (χ4v) is 1.91. The number of carbonyl (C=O) groups is 2. The Morgan fingerprint density at radius 1 is 0.944 bits per heavy atom. The minimum atomic E-state index is -0.291. The van der Waals surface area contributed by atoms with Crippen molar-refractivity contribution in [1.29, 1.82) is 0 Å². The SMILES string of the molecule is CC(C)C(=O)CC(C(=O)C(C)C)c1ccccc1. The van der Waals surface area contributed by atoms with Gasteiger partial charge in [-0.05, 0) is 5.56 Å². The summed E-state index contributed by atoms with van der Waals surface area (Å²) < 4.78 is 0. The molecular formula is C16H22O2. The number of hydrogen-bond donors (Lipinski definition) is 0. The maximum absolute atomic E-state index is 12.2. The van der Waals surface area contributed by atoms with Crippen LogP contribution in [0.15, 0.2) is 30.3 Å². The average Bonchev–Trinajstić information content (AvgIpc) is 2.35. The number of benzene rings is 1. The lowest BCUT2D eigenvalue weighted by Crippen LogP contribution is -2.22. The topological polar surface area (TPSA) is 34.1 Å². The van der Waals surface area contributed by atoms with Crippen LogP contribution in [0.4, 0.5) is 0 Å². The normalized spacial score (nSPS) is 12.8. The van der Waals surface area contributed by atoms with Crippen LogP contribution < -0.4 is 0 Å². The number of Topliss-reactive ketones (excluding diaryl/α,β-unsaturated/α-hetero) is 2. The molecule has 1 rings (SSSR count). The van der Waals surface area contributed by atoms with Gasteiger partial charge in [-0.1, -0.05) is 58.0 Å². The van der Waals surface area contributed by atoms with Gasteiger partial charge in [0.2, 0.25) is 0 Å². The monoisotopic (exact) mass is 246 g/mol. The molecular weight excluding hydrogens is 224 g/mol. The summed E-state index contributed by atoms with van der Waals surface area (Å²) in [6.07, 6.45) is 0.318. The molecule has 0 amide bonds. The van der Waals surface area contributed by atoms with Crippen molar-refractivity contribution in [3.8, 4) is 0 Å². The third-order valence-electron chi connectivity index (χ3n) is 3.16. The summed E-state index contributed by atoms with van der Waals surface area (Å²) in [4.78, 5) is 24.2. The maximum atomic E-state index is 12.2. The molecule has 0 spiro atoms. The van der Waals surface area contributed by atoms with Crippen molar-refractivity contribution in [2.75, 3.05) is 0 Å². The second kappa shape index (κ2) is 6.48.